The molecule has 3 aromatic rings. The summed E-state index contributed by atoms with van der Waals surface area (Å²) in [5.41, 5.74) is 4.74. The molecule has 1 unspecified atom stereocenters. The van der Waals surface area contributed by atoms with Gasteiger partial charge in [0, 0.05) is 6.54 Å². The van der Waals surface area contributed by atoms with Gasteiger partial charge in [-0.05, 0) is 48.4 Å². The van der Waals surface area contributed by atoms with Gasteiger partial charge in [0.15, 0.2) is 5.78 Å². The Morgan fingerprint density at radius 3 is 2.43 bits per heavy atom. The number of aromatic nitrogens is 2. The number of ketones is 1. The zero-order valence-corrected chi connectivity index (χ0v) is 22.9. The molecule has 1 atom stereocenters. The molecule has 1 heterocycles. The van der Waals surface area contributed by atoms with E-state index in [9.17, 15) is 14.7 Å². The molecule has 2 aromatic carbocycles. The molecular formula is C29H37N3O4S. The Bertz CT molecular complexity index is 1200. The lowest BCUT2D eigenvalue weighted by atomic mass is 9.99. The molecule has 0 saturated heterocycles. The van der Waals surface area contributed by atoms with Crippen molar-refractivity contribution in [1.82, 2.24) is 14.9 Å². The lowest BCUT2D eigenvalue weighted by Crippen LogP contribution is -2.30. The molecule has 37 heavy (non-hydrogen) atoms. The van der Waals surface area contributed by atoms with Crippen LogP contribution < -0.4 is 10.1 Å². The lowest BCUT2D eigenvalue weighted by molar-refractivity contribution is -0.118. The first-order valence-electron chi connectivity index (χ1n) is 12.8. The summed E-state index contributed by atoms with van der Waals surface area (Å²) in [5.74, 6) is -0.448. The second-order valence-electron chi connectivity index (χ2n) is 9.42. The number of hydrogen-bond acceptors (Lipinski definition) is 6. The fourth-order valence-corrected chi connectivity index (χ4v) is 4.80. The summed E-state index contributed by atoms with van der Waals surface area (Å²) in [6.45, 7) is 9.92. The van der Waals surface area contributed by atoms with Crippen LogP contribution in [0.4, 0.5) is 0 Å². The van der Waals surface area contributed by atoms with Gasteiger partial charge in [0.1, 0.15) is 0 Å². The number of benzene rings is 2. The van der Waals surface area contributed by atoms with Crippen LogP contribution in [0, 0.1) is 5.92 Å². The van der Waals surface area contributed by atoms with E-state index >= 15 is 0 Å². The SMILES string of the molecule is CCOc1nc(CC)c(CNCC(=O)C(S)CC(C)C)n1Cc1ccc(-c2ccccc2C(=O)O)cc1. The molecule has 1 aromatic heterocycles. The molecule has 8 heteroatoms. The Morgan fingerprint density at radius 2 is 1.81 bits per heavy atom. The van der Waals surface area contributed by atoms with Crippen molar-refractivity contribution in [2.45, 2.75) is 58.9 Å². The molecule has 0 radical (unpaired) electrons. The topological polar surface area (TPSA) is 93.5 Å². The number of rotatable bonds is 14. The minimum Gasteiger partial charge on any atom is -0.478 e. The number of aromatic carboxylic acids is 1. The van der Waals surface area contributed by atoms with Crippen LogP contribution in [0.1, 0.15) is 61.4 Å². The van der Waals surface area contributed by atoms with E-state index in [1.54, 1.807) is 12.1 Å². The number of ether oxygens (including phenoxy) is 1. The second-order valence-corrected chi connectivity index (χ2v) is 10.0. The number of hydrogen-bond donors (Lipinski definition) is 3. The number of aryl methyl sites for hydroxylation is 1. The van der Waals surface area contributed by atoms with Crippen LogP contribution in [0.5, 0.6) is 6.01 Å². The highest BCUT2D eigenvalue weighted by Crippen LogP contribution is 2.26. The minimum absolute atomic E-state index is 0.0865. The molecule has 7 nitrogen and oxygen atoms in total. The van der Waals surface area contributed by atoms with Crippen LogP contribution >= 0.6 is 12.6 Å². The first-order valence-corrected chi connectivity index (χ1v) is 13.3. The van der Waals surface area contributed by atoms with E-state index in [2.05, 4.69) is 38.7 Å². The standard InChI is InChI=1S/C29H37N3O4S/c1-5-24-25(16-30-17-26(33)27(37)15-19(3)4)32(29(31-24)36-6-2)18-20-11-13-21(14-12-20)22-9-7-8-10-23(22)28(34)35/h7-14,19,27,30,37H,5-6,15-18H2,1-4H3,(H,34,35). The Balaban J connectivity index is 1.81. The van der Waals surface area contributed by atoms with Crippen LogP contribution in [0.25, 0.3) is 11.1 Å². The number of nitrogens with zero attached hydrogens (tertiary/aromatic N) is 2. The van der Waals surface area contributed by atoms with Crippen molar-refractivity contribution in [3.05, 3.63) is 71.0 Å². The predicted octanol–water partition coefficient (Wildman–Crippen LogP) is 5.26. The average Bonchev–Trinajstić information content (AvgIpc) is 3.20. The van der Waals surface area contributed by atoms with Gasteiger partial charge in [-0.1, -0.05) is 63.2 Å². The van der Waals surface area contributed by atoms with E-state index in [1.807, 2.05) is 47.9 Å². The van der Waals surface area contributed by atoms with Gasteiger partial charge >= 0.3 is 5.97 Å². The normalized spacial score (nSPS) is 12.1. The van der Waals surface area contributed by atoms with Gasteiger partial charge in [-0.3, -0.25) is 9.36 Å². The van der Waals surface area contributed by atoms with E-state index < -0.39 is 5.97 Å². The maximum absolute atomic E-state index is 12.5. The fraction of sp³-hybridized carbons (Fsp3) is 0.414. The highest BCUT2D eigenvalue weighted by atomic mass is 32.1. The monoisotopic (exact) mass is 523 g/mol. The number of imidazole rings is 1. The smallest absolute Gasteiger partial charge is 0.336 e. The zero-order valence-electron chi connectivity index (χ0n) is 22.0. The summed E-state index contributed by atoms with van der Waals surface area (Å²) in [6, 6.07) is 15.4. The van der Waals surface area contributed by atoms with Gasteiger partial charge in [-0.2, -0.15) is 17.6 Å². The number of thiol groups is 1. The molecule has 0 fully saturated rings. The van der Waals surface area contributed by atoms with E-state index in [-0.39, 0.29) is 23.1 Å². The molecule has 0 aliphatic heterocycles. The Labute approximate surface area is 224 Å². The van der Waals surface area contributed by atoms with Crippen LogP contribution in [0.2, 0.25) is 0 Å². The first-order chi connectivity index (χ1) is 17.7. The summed E-state index contributed by atoms with van der Waals surface area (Å²) in [6.07, 6.45) is 1.49. The number of nitrogens with one attached hydrogen (secondary N) is 1. The molecule has 0 aliphatic rings. The number of carboxylic acid groups (broad SMARTS) is 1. The number of Topliss-reactive ketones (excluding diaryl/α,β-unsaturated/α-hetero) is 1. The summed E-state index contributed by atoms with van der Waals surface area (Å²) in [4.78, 5) is 28.8. The molecule has 0 aliphatic carbocycles. The Kier molecular flexibility index (Phi) is 10.3. The zero-order chi connectivity index (χ0) is 26.9. The third-order valence-corrected chi connectivity index (χ3v) is 6.65. The molecule has 0 amide bonds. The Morgan fingerprint density at radius 1 is 1.11 bits per heavy atom. The van der Waals surface area contributed by atoms with Crippen molar-refractivity contribution in [2.75, 3.05) is 13.2 Å². The second kappa shape index (κ2) is 13.4. The van der Waals surface area contributed by atoms with Crippen molar-refractivity contribution in [2.24, 2.45) is 5.92 Å². The molecule has 3 rings (SSSR count). The minimum atomic E-state index is -0.949. The average molecular weight is 524 g/mol. The number of carbonyl (C=O) groups is 2. The molecule has 2 N–H and O–H groups in total. The predicted molar refractivity (Wildman–Crippen MR) is 150 cm³/mol. The number of carbonyl (C=O) groups excluding carboxylic acids is 1. The van der Waals surface area contributed by atoms with E-state index in [0.717, 1.165) is 35.4 Å². The van der Waals surface area contributed by atoms with E-state index in [4.69, 9.17) is 9.72 Å². The molecule has 0 saturated carbocycles. The van der Waals surface area contributed by atoms with Gasteiger partial charge in [-0.25, -0.2) is 4.79 Å². The van der Waals surface area contributed by atoms with Crippen molar-refractivity contribution < 1.29 is 19.4 Å². The fourth-order valence-electron chi connectivity index (χ4n) is 4.29. The van der Waals surface area contributed by atoms with Gasteiger partial charge in [0.25, 0.3) is 6.01 Å². The third kappa shape index (κ3) is 7.46. The summed E-state index contributed by atoms with van der Waals surface area (Å²) in [7, 11) is 0. The summed E-state index contributed by atoms with van der Waals surface area (Å²) < 4.78 is 7.90. The van der Waals surface area contributed by atoms with Gasteiger partial charge in [-0.15, -0.1) is 0 Å². The van der Waals surface area contributed by atoms with Crippen LogP contribution in [0.3, 0.4) is 0 Å². The third-order valence-electron chi connectivity index (χ3n) is 6.15. The van der Waals surface area contributed by atoms with Crippen LogP contribution in [0.15, 0.2) is 48.5 Å². The molecule has 0 spiro atoms. The molecule has 0 bridgehead atoms. The first kappa shape index (κ1) is 28.5. The highest BCUT2D eigenvalue weighted by molar-refractivity contribution is 7.81. The molecule has 198 valence electrons. The van der Waals surface area contributed by atoms with Crippen molar-refractivity contribution in [1.29, 1.82) is 0 Å². The highest BCUT2D eigenvalue weighted by Gasteiger charge is 2.20. The number of carboxylic acids is 1. The molecular weight excluding hydrogens is 486 g/mol. The maximum Gasteiger partial charge on any atom is 0.336 e. The quantitative estimate of drug-likeness (QED) is 0.250. The van der Waals surface area contributed by atoms with Crippen molar-refractivity contribution in [3.8, 4) is 17.1 Å². The Hall–Kier alpha value is -3.10. The maximum atomic E-state index is 12.5. The largest absolute Gasteiger partial charge is 0.478 e. The van der Waals surface area contributed by atoms with Crippen LogP contribution in [-0.4, -0.2) is 44.8 Å². The van der Waals surface area contributed by atoms with Crippen molar-refractivity contribution >= 4 is 24.4 Å². The van der Waals surface area contributed by atoms with Gasteiger partial charge in [0.2, 0.25) is 0 Å². The van der Waals surface area contributed by atoms with Gasteiger partial charge in [0.05, 0.1) is 41.9 Å². The van der Waals surface area contributed by atoms with Crippen LogP contribution in [-0.2, 0) is 24.3 Å². The van der Waals surface area contributed by atoms with Gasteiger partial charge < -0.3 is 15.2 Å². The van der Waals surface area contributed by atoms with E-state index in [1.165, 1.54) is 0 Å². The van der Waals surface area contributed by atoms with E-state index in [0.29, 0.717) is 37.2 Å². The summed E-state index contributed by atoms with van der Waals surface area (Å²) >= 11 is 4.47. The van der Waals surface area contributed by atoms with Crippen molar-refractivity contribution in [3.63, 3.8) is 0 Å². The summed E-state index contributed by atoms with van der Waals surface area (Å²) in [5, 5.41) is 12.5. The lowest BCUT2D eigenvalue weighted by Gasteiger charge is -2.15.